The van der Waals surface area contributed by atoms with Crippen LogP contribution in [0.1, 0.15) is 12.5 Å². The Morgan fingerprint density at radius 2 is 1.86 bits per heavy atom. The van der Waals surface area contributed by atoms with Gasteiger partial charge in [-0.3, -0.25) is 4.99 Å². The summed E-state index contributed by atoms with van der Waals surface area (Å²) in [7, 11) is 1.60. The molecule has 1 aromatic rings. The van der Waals surface area contributed by atoms with E-state index in [4.69, 9.17) is 17.3 Å². The molecule has 0 heterocycles. The molecule has 74 valence electrons. The van der Waals surface area contributed by atoms with Crippen LogP contribution in [0.5, 0.6) is 0 Å². The van der Waals surface area contributed by atoms with Crippen molar-refractivity contribution in [1.29, 1.82) is 0 Å². The molecule has 0 aliphatic rings. The maximum Gasteiger partial charge on any atom is 0.217 e. The Bertz CT molecular complexity index is 365. The zero-order valence-electron chi connectivity index (χ0n) is 8.16. The Kier molecular flexibility index (Phi) is 3.65. The third-order valence-electron chi connectivity index (χ3n) is 1.77. The van der Waals surface area contributed by atoms with Crippen molar-refractivity contribution in [3.8, 4) is 0 Å². The highest BCUT2D eigenvalue weighted by molar-refractivity contribution is 6.65. The molecule has 0 saturated heterocycles. The predicted octanol–water partition coefficient (Wildman–Crippen LogP) is 2.30. The Balaban J connectivity index is 2.95. The van der Waals surface area contributed by atoms with E-state index in [0.29, 0.717) is 0 Å². The molecule has 4 heteroatoms. The van der Waals surface area contributed by atoms with E-state index in [1.54, 1.807) is 7.05 Å². The highest BCUT2D eigenvalue weighted by Gasteiger charge is 1.97. The number of halogens is 1. The van der Waals surface area contributed by atoms with Crippen molar-refractivity contribution in [1.82, 2.24) is 0 Å². The van der Waals surface area contributed by atoms with E-state index in [0.717, 1.165) is 17.0 Å². The average molecular weight is 210 g/mol. The minimum absolute atomic E-state index is 0.249. The molecule has 0 radical (unpaired) electrons. The second-order valence-corrected chi connectivity index (χ2v) is 3.15. The number of amidine groups is 1. The van der Waals surface area contributed by atoms with E-state index in [-0.39, 0.29) is 5.29 Å². The Morgan fingerprint density at radius 3 is 2.36 bits per heavy atom. The van der Waals surface area contributed by atoms with Gasteiger partial charge in [-0.1, -0.05) is 12.1 Å². The van der Waals surface area contributed by atoms with Crippen molar-refractivity contribution in [2.45, 2.75) is 6.92 Å². The molecule has 3 nitrogen and oxygen atoms in total. The summed E-state index contributed by atoms with van der Waals surface area (Å²) in [5.74, 6) is 0. The van der Waals surface area contributed by atoms with Crippen molar-refractivity contribution >= 4 is 28.3 Å². The summed E-state index contributed by atoms with van der Waals surface area (Å²) in [6.45, 7) is 1.87. The van der Waals surface area contributed by atoms with Gasteiger partial charge in [0.2, 0.25) is 5.29 Å². The molecule has 1 rings (SSSR count). The van der Waals surface area contributed by atoms with Gasteiger partial charge in [0.25, 0.3) is 0 Å². The van der Waals surface area contributed by atoms with E-state index in [9.17, 15) is 0 Å². The molecule has 0 atom stereocenters. The fourth-order valence-corrected chi connectivity index (χ4v) is 1.10. The van der Waals surface area contributed by atoms with Crippen LogP contribution in [0.15, 0.2) is 34.3 Å². The second-order valence-electron chi connectivity index (χ2n) is 2.81. The SMILES string of the molecule is C/N=C(Cl)\N=C(/C)c1ccc(N)cc1. The maximum atomic E-state index is 5.68. The zero-order valence-corrected chi connectivity index (χ0v) is 8.92. The molecule has 0 amide bonds. The molecule has 14 heavy (non-hydrogen) atoms. The van der Waals surface area contributed by atoms with Crippen LogP contribution in [0.2, 0.25) is 0 Å². The third-order valence-corrected chi connectivity index (χ3v) is 2.03. The second kappa shape index (κ2) is 4.77. The fourth-order valence-electron chi connectivity index (χ4n) is 0.977. The van der Waals surface area contributed by atoms with Crippen LogP contribution < -0.4 is 5.73 Å². The van der Waals surface area contributed by atoms with Crippen LogP contribution >= 0.6 is 11.6 Å². The van der Waals surface area contributed by atoms with E-state index >= 15 is 0 Å². The lowest BCUT2D eigenvalue weighted by Gasteiger charge is -2.00. The van der Waals surface area contributed by atoms with Crippen molar-refractivity contribution in [3.63, 3.8) is 0 Å². The Labute approximate surface area is 88.3 Å². The normalized spacial score (nSPS) is 13.1. The van der Waals surface area contributed by atoms with Crippen molar-refractivity contribution < 1.29 is 0 Å². The first-order valence-electron chi connectivity index (χ1n) is 4.17. The molecular weight excluding hydrogens is 198 g/mol. The number of nitrogen functional groups attached to an aromatic ring is 1. The van der Waals surface area contributed by atoms with Gasteiger partial charge in [0.15, 0.2) is 0 Å². The smallest absolute Gasteiger partial charge is 0.217 e. The van der Waals surface area contributed by atoms with E-state index in [1.807, 2.05) is 31.2 Å². The molecule has 1 aromatic carbocycles. The molecular formula is C10H12ClN3. The summed E-state index contributed by atoms with van der Waals surface area (Å²) < 4.78 is 0. The van der Waals surface area contributed by atoms with Crippen molar-refractivity contribution in [2.24, 2.45) is 9.98 Å². The standard InChI is InChI=1S/C10H12ClN3/c1-7(14-10(11)13-2)8-3-5-9(12)6-4-8/h3-6H,12H2,1-2H3/b13-10-,14-7+. The largest absolute Gasteiger partial charge is 0.399 e. The number of hydrogen-bond donors (Lipinski definition) is 1. The van der Waals surface area contributed by atoms with Gasteiger partial charge in [0.05, 0.1) is 0 Å². The predicted molar refractivity (Wildman–Crippen MR) is 62.3 cm³/mol. The number of hydrogen-bond acceptors (Lipinski definition) is 2. The summed E-state index contributed by atoms with van der Waals surface area (Å²) >= 11 is 5.68. The lowest BCUT2D eigenvalue weighted by atomic mass is 10.1. The summed E-state index contributed by atoms with van der Waals surface area (Å²) in [5, 5.41) is 0.249. The first-order valence-corrected chi connectivity index (χ1v) is 4.55. The van der Waals surface area contributed by atoms with Gasteiger partial charge in [-0.2, -0.15) is 0 Å². The van der Waals surface area contributed by atoms with Gasteiger partial charge in [0, 0.05) is 18.4 Å². The number of benzene rings is 1. The topological polar surface area (TPSA) is 50.7 Å². The minimum Gasteiger partial charge on any atom is -0.399 e. The Hall–Kier alpha value is -1.35. The highest BCUT2D eigenvalue weighted by Crippen LogP contribution is 2.07. The zero-order chi connectivity index (χ0) is 10.6. The first-order chi connectivity index (χ1) is 6.63. The number of nitrogens with zero attached hydrogens (tertiary/aromatic N) is 2. The molecule has 0 aliphatic heterocycles. The van der Waals surface area contributed by atoms with Crippen molar-refractivity contribution in [2.75, 3.05) is 12.8 Å². The molecule has 0 unspecified atom stereocenters. The monoisotopic (exact) mass is 209 g/mol. The Morgan fingerprint density at radius 1 is 1.29 bits per heavy atom. The fraction of sp³-hybridized carbons (Fsp3) is 0.200. The first kappa shape index (κ1) is 10.7. The lowest BCUT2D eigenvalue weighted by Crippen LogP contribution is -1.97. The summed E-state index contributed by atoms with van der Waals surface area (Å²) in [6, 6.07) is 7.44. The molecule has 2 N–H and O–H groups in total. The summed E-state index contributed by atoms with van der Waals surface area (Å²) in [6.07, 6.45) is 0. The van der Waals surface area contributed by atoms with E-state index in [1.165, 1.54) is 0 Å². The molecule has 0 bridgehead atoms. The van der Waals surface area contributed by atoms with Gasteiger partial charge in [-0.15, -0.1) is 0 Å². The molecule has 0 fully saturated rings. The van der Waals surface area contributed by atoms with Gasteiger partial charge in [0.1, 0.15) is 0 Å². The van der Waals surface area contributed by atoms with Crippen LogP contribution in [0.3, 0.4) is 0 Å². The minimum atomic E-state index is 0.249. The van der Waals surface area contributed by atoms with Crippen molar-refractivity contribution in [3.05, 3.63) is 29.8 Å². The molecule has 0 aliphatic carbocycles. The van der Waals surface area contributed by atoms with Crippen LogP contribution in [0, 0.1) is 0 Å². The summed E-state index contributed by atoms with van der Waals surface area (Å²) in [5.41, 5.74) is 8.10. The molecule has 0 spiro atoms. The van der Waals surface area contributed by atoms with Crippen LogP contribution in [-0.4, -0.2) is 18.1 Å². The summed E-state index contributed by atoms with van der Waals surface area (Å²) in [4.78, 5) is 7.83. The number of anilines is 1. The van der Waals surface area contributed by atoms with Gasteiger partial charge in [-0.25, -0.2) is 4.99 Å². The maximum absolute atomic E-state index is 5.68. The van der Waals surface area contributed by atoms with Crippen LogP contribution in [-0.2, 0) is 0 Å². The van der Waals surface area contributed by atoms with Crippen LogP contribution in [0.25, 0.3) is 0 Å². The van der Waals surface area contributed by atoms with Gasteiger partial charge >= 0.3 is 0 Å². The number of aliphatic imine (C=N–C) groups is 2. The van der Waals surface area contributed by atoms with Gasteiger partial charge < -0.3 is 5.73 Å². The lowest BCUT2D eigenvalue weighted by molar-refractivity contribution is 1.42. The molecule has 0 aromatic heterocycles. The highest BCUT2D eigenvalue weighted by atomic mass is 35.5. The number of rotatable bonds is 1. The van der Waals surface area contributed by atoms with E-state index < -0.39 is 0 Å². The third kappa shape index (κ3) is 2.85. The van der Waals surface area contributed by atoms with Gasteiger partial charge in [-0.05, 0) is 36.2 Å². The van der Waals surface area contributed by atoms with E-state index in [2.05, 4.69) is 9.98 Å². The van der Waals surface area contributed by atoms with Crippen LogP contribution in [0.4, 0.5) is 5.69 Å². The molecule has 0 saturated carbocycles. The number of nitrogens with two attached hydrogens (primary N) is 1. The average Bonchev–Trinajstić information content (AvgIpc) is 2.18. The quantitative estimate of drug-likeness (QED) is 0.328.